The molecule has 1 amide bonds. The Balaban J connectivity index is 2.07. The zero-order chi connectivity index (χ0) is 19.3. The van der Waals surface area contributed by atoms with E-state index in [1.165, 1.54) is 22.4 Å². The Kier molecular flexibility index (Phi) is 6.57. The highest BCUT2D eigenvalue weighted by Gasteiger charge is 2.12. The Morgan fingerprint density at radius 2 is 1.92 bits per heavy atom. The topological polar surface area (TPSA) is 90.3 Å². The number of rotatable bonds is 6. The van der Waals surface area contributed by atoms with Gasteiger partial charge in [0.1, 0.15) is 6.54 Å². The van der Waals surface area contributed by atoms with Crippen LogP contribution in [0.25, 0.3) is 0 Å². The number of thioether (sulfide) groups is 1. The van der Waals surface area contributed by atoms with Crippen molar-refractivity contribution >= 4 is 29.3 Å². The summed E-state index contributed by atoms with van der Waals surface area (Å²) in [7, 11) is 0. The third-order valence-corrected chi connectivity index (χ3v) is 4.01. The van der Waals surface area contributed by atoms with Crippen LogP contribution in [0.3, 0.4) is 0 Å². The number of esters is 1. The predicted molar refractivity (Wildman–Crippen MR) is 101 cm³/mol. The minimum Gasteiger partial charge on any atom is -0.459 e. The van der Waals surface area contributed by atoms with Crippen molar-refractivity contribution in [3.8, 4) is 0 Å². The molecule has 26 heavy (non-hydrogen) atoms. The smallest absolute Gasteiger partial charge is 0.338 e. The molecule has 7 nitrogen and oxygen atoms in total. The van der Waals surface area contributed by atoms with Gasteiger partial charge in [0.15, 0.2) is 5.16 Å². The Morgan fingerprint density at radius 1 is 1.27 bits per heavy atom. The number of ether oxygens (including phenoxy) is 1. The van der Waals surface area contributed by atoms with Crippen LogP contribution in [0.1, 0.15) is 29.9 Å². The number of benzene rings is 1. The van der Waals surface area contributed by atoms with Gasteiger partial charge in [-0.15, -0.1) is 0 Å². The normalized spacial score (nSPS) is 10.7. The number of hydrogen-bond donors (Lipinski definition) is 1. The van der Waals surface area contributed by atoms with E-state index in [0.29, 0.717) is 22.1 Å². The number of carbonyl (C=O) groups is 2. The molecule has 0 radical (unpaired) electrons. The molecule has 0 atom stereocenters. The summed E-state index contributed by atoms with van der Waals surface area (Å²) >= 11 is 1.30. The number of aryl methyl sites for hydroxylation is 1. The lowest BCUT2D eigenvalue weighted by Gasteiger charge is -2.11. The van der Waals surface area contributed by atoms with Crippen LogP contribution in [-0.2, 0) is 16.1 Å². The fraction of sp³-hybridized carbons (Fsp3) is 0.333. The van der Waals surface area contributed by atoms with E-state index >= 15 is 0 Å². The number of aromatic nitrogens is 2. The van der Waals surface area contributed by atoms with Crippen molar-refractivity contribution < 1.29 is 14.3 Å². The standard InChI is InChI=1S/C18H21N3O4S/c1-11(2)25-17(24)13-5-7-14(8-6-13)20-15(22)10-21-16(23)9-12(3)19-18(21)26-4/h5-9,11H,10H2,1-4H3,(H,20,22). The van der Waals surface area contributed by atoms with Crippen LogP contribution in [0.15, 0.2) is 40.3 Å². The molecule has 8 heteroatoms. The molecule has 2 aromatic rings. The van der Waals surface area contributed by atoms with Crippen LogP contribution < -0.4 is 10.9 Å². The third kappa shape index (κ3) is 5.19. The first kappa shape index (κ1) is 19.7. The Bertz CT molecular complexity index is 860. The minimum atomic E-state index is -0.417. The molecular weight excluding hydrogens is 354 g/mol. The van der Waals surface area contributed by atoms with Gasteiger partial charge in [-0.25, -0.2) is 9.78 Å². The zero-order valence-corrected chi connectivity index (χ0v) is 15.9. The first-order chi connectivity index (χ1) is 12.3. The summed E-state index contributed by atoms with van der Waals surface area (Å²) in [6.07, 6.45) is 1.60. The quantitative estimate of drug-likeness (QED) is 0.474. The van der Waals surface area contributed by atoms with Gasteiger partial charge in [0.2, 0.25) is 5.91 Å². The molecule has 138 valence electrons. The summed E-state index contributed by atoms with van der Waals surface area (Å²) in [6, 6.07) is 7.77. The maximum atomic E-state index is 12.3. The van der Waals surface area contributed by atoms with Crippen molar-refractivity contribution in [2.75, 3.05) is 11.6 Å². The first-order valence-electron chi connectivity index (χ1n) is 8.03. The SMILES string of the molecule is CSc1nc(C)cc(=O)n1CC(=O)Nc1ccc(C(=O)OC(C)C)cc1. The molecule has 0 aliphatic rings. The van der Waals surface area contributed by atoms with E-state index in [9.17, 15) is 14.4 Å². The molecular formula is C18H21N3O4S. The second-order valence-corrected chi connectivity index (χ2v) is 6.66. The molecule has 1 aromatic carbocycles. The van der Waals surface area contributed by atoms with Gasteiger partial charge in [0.25, 0.3) is 5.56 Å². The molecule has 0 bridgehead atoms. The van der Waals surface area contributed by atoms with Crippen molar-refractivity contribution in [3.05, 3.63) is 51.9 Å². The van der Waals surface area contributed by atoms with Gasteiger partial charge >= 0.3 is 5.97 Å². The van der Waals surface area contributed by atoms with Gasteiger partial charge in [0, 0.05) is 17.4 Å². The maximum Gasteiger partial charge on any atom is 0.338 e. The molecule has 0 aliphatic heterocycles. The molecule has 0 saturated heterocycles. The van der Waals surface area contributed by atoms with Gasteiger partial charge in [-0.1, -0.05) is 11.8 Å². The molecule has 1 N–H and O–H groups in total. The Hall–Kier alpha value is -2.61. The number of anilines is 1. The summed E-state index contributed by atoms with van der Waals surface area (Å²) in [5, 5.41) is 3.19. The van der Waals surface area contributed by atoms with Crippen molar-refractivity contribution in [2.24, 2.45) is 0 Å². The Labute approximate surface area is 155 Å². The highest BCUT2D eigenvalue weighted by Crippen LogP contribution is 2.13. The number of nitrogens with one attached hydrogen (secondary N) is 1. The van der Waals surface area contributed by atoms with Gasteiger partial charge in [-0.05, 0) is 51.3 Å². The van der Waals surface area contributed by atoms with Crippen LogP contribution in [0.5, 0.6) is 0 Å². The first-order valence-corrected chi connectivity index (χ1v) is 9.26. The van der Waals surface area contributed by atoms with Crippen molar-refractivity contribution in [2.45, 2.75) is 38.6 Å². The number of hydrogen-bond acceptors (Lipinski definition) is 6. The average molecular weight is 375 g/mol. The van der Waals surface area contributed by atoms with Gasteiger partial charge in [0.05, 0.1) is 11.7 Å². The summed E-state index contributed by atoms with van der Waals surface area (Å²) < 4.78 is 6.43. The van der Waals surface area contributed by atoms with E-state index in [4.69, 9.17) is 4.74 Å². The summed E-state index contributed by atoms with van der Waals surface area (Å²) in [4.78, 5) is 40.4. The van der Waals surface area contributed by atoms with Gasteiger partial charge < -0.3 is 10.1 Å². The fourth-order valence-electron chi connectivity index (χ4n) is 2.21. The molecule has 0 spiro atoms. The number of carbonyl (C=O) groups excluding carboxylic acids is 2. The van der Waals surface area contributed by atoms with Crippen molar-refractivity contribution in [1.82, 2.24) is 9.55 Å². The van der Waals surface area contributed by atoms with E-state index in [2.05, 4.69) is 10.3 Å². The molecule has 2 rings (SSSR count). The summed E-state index contributed by atoms with van der Waals surface area (Å²) in [6.45, 7) is 5.14. The largest absolute Gasteiger partial charge is 0.459 e. The molecule has 1 heterocycles. The lowest BCUT2D eigenvalue weighted by molar-refractivity contribution is -0.116. The number of amides is 1. The van der Waals surface area contributed by atoms with Crippen LogP contribution >= 0.6 is 11.8 Å². The monoisotopic (exact) mass is 375 g/mol. The van der Waals surface area contributed by atoms with Crippen molar-refractivity contribution in [1.29, 1.82) is 0 Å². The van der Waals surface area contributed by atoms with E-state index in [1.807, 2.05) is 0 Å². The number of nitrogens with zero attached hydrogens (tertiary/aromatic N) is 2. The minimum absolute atomic E-state index is 0.139. The summed E-state index contributed by atoms with van der Waals surface area (Å²) in [5.74, 6) is -0.773. The average Bonchev–Trinajstić information content (AvgIpc) is 2.57. The molecule has 0 aliphatic carbocycles. The second kappa shape index (κ2) is 8.66. The van der Waals surface area contributed by atoms with Gasteiger partial charge in [-0.3, -0.25) is 14.2 Å². The highest BCUT2D eigenvalue weighted by molar-refractivity contribution is 7.98. The zero-order valence-electron chi connectivity index (χ0n) is 15.1. The highest BCUT2D eigenvalue weighted by atomic mass is 32.2. The van der Waals surface area contributed by atoms with Crippen LogP contribution in [0.4, 0.5) is 5.69 Å². The lowest BCUT2D eigenvalue weighted by atomic mass is 10.2. The van der Waals surface area contributed by atoms with E-state index in [1.54, 1.807) is 51.3 Å². The second-order valence-electron chi connectivity index (χ2n) is 5.89. The lowest BCUT2D eigenvalue weighted by Crippen LogP contribution is -2.29. The van der Waals surface area contributed by atoms with Crippen molar-refractivity contribution in [3.63, 3.8) is 0 Å². The molecule has 0 fully saturated rings. The molecule has 0 saturated carbocycles. The van der Waals surface area contributed by atoms with E-state index in [-0.39, 0.29) is 24.1 Å². The van der Waals surface area contributed by atoms with Gasteiger partial charge in [-0.2, -0.15) is 0 Å². The molecule has 1 aromatic heterocycles. The predicted octanol–water partition coefficient (Wildman–Crippen LogP) is 2.48. The van der Waals surface area contributed by atoms with Crippen LogP contribution in [0.2, 0.25) is 0 Å². The molecule has 0 unspecified atom stereocenters. The van der Waals surface area contributed by atoms with Crippen LogP contribution in [0, 0.1) is 6.92 Å². The van der Waals surface area contributed by atoms with E-state index in [0.717, 1.165) is 0 Å². The van der Waals surface area contributed by atoms with E-state index < -0.39 is 5.97 Å². The maximum absolute atomic E-state index is 12.3. The summed E-state index contributed by atoms with van der Waals surface area (Å²) in [5.41, 5.74) is 1.26. The fourth-order valence-corrected chi connectivity index (χ4v) is 2.82. The Morgan fingerprint density at radius 3 is 2.50 bits per heavy atom. The third-order valence-electron chi connectivity index (χ3n) is 3.33. The van der Waals surface area contributed by atoms with Crippen LogP contribution in [-0.4, -0.2) is 33.8 Å².